The fourth-order valence-corrected chi connectivity index (χ4v) is 2.83. The standard InChI is InChI=1S/C14H13N3OS/c1-2-17-9-10(8-15-17)7-12(18)14-16-11-5-3-4-6-13(11)19-14/h3-6,8-9H,2,7H2,1H3. The lowest BCUT2D eigenvalue weighted by atomic mass is 10.2. The van der Waals surface area contributed by atoms with Crippen LogP contribution >= 0.6 is 11.3 Å². The van der Waals surface area contributed by atoms with Crippen molar-refractivity contribution in [3.8, 4) is 0 Å². The number of thiazole rings is 1. The number of aryl methyl sites for hydroxylation is 1. The number of aromatic nitrogens is 3. The second-order valence-corrected chi connectivity index (χ2v) is 5.32. The first-order chi connectivity index (χ1) is 9.26. The molecule has 0 saturated heterocycles. The molecule has 0 spiro atoms. The van der Waals surface area contributed by atoms with E-state index in [0.717, 1.165) is 22.3 Å². The Morgan fingerprint density at radius 2 is 2.21 bits per heavy atom. The Morgan fingerprint density at radius 3 is 2.95 bits per heavy atom. The van der Waals surface area contributed by atoms with Crippen molar-refractivity contribution in [2.24, 2.45) is 0 Å². The molecule has 5 heteroatoms. The average molecular weight is 271 g/mol. The topological polar surface area (TPSA) is 47.8 Å². The van der Waals surface area contributed by atoms with Gasteiger partial charge in [0.2, 0.25) is 0 Å². The lowest BCUT2D eigenvalue weighted by Crippen LogP contribution is -2.02. The first kappa shape index (κ1) is 12.0. The summed E-state index contributed by atoms with van der Waals surface area (Å²) in [4.78, 5) is 16.6. The van der Waals surface area contributed by atoms with E-state index in [-0.39, 0.29) is 5.78 Å². The first-order valence-electron chi connectivity index (χ1n) is 6.16. The minimum atomic E-state index is 0.0526. The Balaban J connectivity index is 1.83. The van der Waals surface area contributed by atoms with Gasteiger partial charge in [-0.2, -0.15) is 5.10 Å². The predicted octanol–water partition coefficient (Wildman–Crippen LogP) is 2.94. The maximum Gasteiger partial charge on any atom is 0.195 e. The third-order valence-electron chi connectivity index (χ3n) is 2.91. The van der Waals surface area contributed by atoms with Gasteiger partial charge >= 0.3 is 0 Å². The van der Waals surface area contributed by atoms with Crippen LogP contribution in [0.25, 0.3) is 10.2 Å². The van der Waals surface area contributed by atoms with Crippen LogP contribution in [0.2, 0.25) is 0 Å². The minimum absolute atomic E-state index is 0.0526. The van der Waals surface area contributed by atoms with Gasteiger partial charge in [0.1, 0.15) is 0 Å². The van der Waals surface area contributed by atoms with Crippen LogP contribution in [-0.2, 0) is 13.0 Å². The molecule has 0 amide bonds. The predicted molar refractivity (Wildman–Crippen MR) is 75.6 cm³/mol. The van der Waals surface area contributed by atoms with Gasteiger partial charge in [-0.25, -0.2) is 4.98 Å². The molecule has 3 rings (SSSR count). The van der Waals surface area contributed by atoms with Gasteiger partial charge in [0.25, 0.3) is 0 Å². The van der Waals surface area contributed by atoms with Gasteiger partial charge in [0.05, 0.1) is 16.4 Å². The van der Waals surface area contributed by atoms with Crippen LogP contribution in [-0.4, -0.2) is 20.5 Å². The summed E-state index contributed by atoms with van der Waals surface area (Å²) in [6, 6.07) is 7.80. The zero-order chi connectivity index (χ0) is 13.2. The van der Waals surface area contributed by atoms with Gasteiger partial charge in [-0.1, -0.05) is 12.1 Å². The molecular weight excluding hydrogens is 258 g/mol. The zero-order valence-electron chi connectivity index (χ0n) is 10.5. The van der Waals surface area contributed by atoms with Crippen LogP contribution < -0.4 is 0 Å². The third kappa shape index (κ3) is 2.42. The highest BCUT2D eigenvalue weighted by Crippen LogP contribution is 2.22. The summed E-state index contributed by atoms with van der Waals surface area (Å²) in [5, 5.41) is 4.75. The number of hydrogen-bond acceptors (Lipinski definition) is 4. The lowest BCUT2D eigenvalue weighted by Gasteiger charge is -1.93. The van der Waals surface area contributed by atoms with E-state index in [1.54, 1.807) is 6.20 Å². The van der Waals surface area contributed by atoms with Crippen LogP contribution in [0.5, 0.6) is 0 Å². The molecule has 2 heterocycles. The Morgan fingerprint density at radius 1 is 1.37 bits per heavy atom. The number of fused-ring (bicyclic) bond motifs is 1. The number of hydrogen-bond donors (Lipinski definition) is 0. The van der Waals surface area contributed by atoms with Crippen LogP contribution in [0.1, 0.15) is 22.3 Å². The van der Waals surface area contributed by atoms with E-state index < -0.39 is 0 Å². The van der Waals surface area contributed by atoms with E-state index >= 15 is 0 Å². The number of para-hydroxylation sites is 1. The van der Waals surface area contributed by atoms with Crippen molar-refractivity contribution >= 4 is 27.3 Å². The normalized spacial score (nSPS) is 11.0. The molecule has 0 fully saturated rings. The van der Waals surface area contributed by atoms with Crippen molar-refractivity contribution in [3.05, 3.63) is 47.2 Å². The van der Waals surface area contributed by atoms with Crippen LogP contribution in [0.15, 0.2) is 36.7 Å². The Bertz CT molecular complexity index is 696. The Hall–Kier alpha value is -2.01. The Kier molecular flexibility index (Phi) is 3.13. The van der Waals surface area contributed by atoms with E-state index in [0.29, 0.717) is 11.4 Å². The van der Waals surface area contributed by atoms with Gasteiger partial charge in [0.15, 0.2) is 10.8 Å². The fourth-order valence-electron chi connectivity index (χ4n) is 1.92. The van der Waals surface area contributed by atoms with E-state index in [4.69, 9.17) is 0 Å². The van der Waals surface area contributed by atoms with Gasteiger partial charge in [-0.3, -0.25) is 9.48 Å². The number of ketones is 1. The molecule has 0 aliphatic rings. The summed E-state index contributed by atoms with van der Waals surface area (Å²) in [6.45, 7) is 2.83. The maximum absolute atomic E-state index is 12.2. The lowest BCUT2D eigenvalue weighted by molar-refractivity contribution is 0.0993. The van der Waals surface area contributed by atoms with Crippen molar-refractivity contribution in [3.63, 3.8) is 0 Å². The zero-order valence-corrected chi connectivity index (χ0v) is 11.4. The quantitative estimate of drug-likeness (QED) is 0.685. The largest absolute Gasteiger partial charge is 0.291 e. The van der Waals surface area contributed by atoms with E-state index in [9.17, 15) is 4.79 Å². The van der Waals surface area contributed by atoms with Crippen LogP contribution in [0.4, 0.5) is 0 Å². The number of benzene rings is 1. The van der Waals surface area contributed by atoms with Gasteiger partial charge in [-0.05, 0) is 24.6 Å². The van der Waals surface area contributed by atoms with Crippen molar-refractivity contribution in [2.75, 3.05) is 0 Å². The SMILES string of the molecule is CCn1cc(CC(=O)c2nc3ccccc3s2)cn1. The fraction of sp³-hybridized carbons (Fsp3) is 0.214. The number of Topliss-reactive ketones (excluding diaryl/α,β-unsaturated/α-hetero) is 1. The summed E-state index contributed by atoms with van der Waals surface area (Å²) in [5.41, 5.74) is 1.83. The molecule has 96 valence electrons. The van der Waals surface area contributed by atoms with Gasteiger partial charge < -0.3 is 0 Å². The number of carbonyl (C=O) groups is 1. The van der Waals surface area contributed by atoms with Crippen LogP contribution in [0, 0.1) is 0 Å². The number of nitrogens with zero attached hydrogens (tertiary/aromatic N) is 3. The van der Waals surface area contributed by atoms with Crippen molar-refractivity contribution in [2.45, 2.75) is 19.9 Å². The molecule has 0 atom stereocenters. The highest BCUT2D eigenvalue weighted by atomic mass is 32.1. The van der Waals surface area contributed by atoms with Gasteiger partial charge in [0, 0.05) is 19.2 Å². The summed E-state index contributed by atoms with van der Waals surface area (Å²) < 4.78 is 2.87. The molecule has 19 heavy (non-hydrogen) atoms. The number of rotatable bonds is 4. The molecule has 0 aliphatic carbocycles. The van der Waals surface area contributed by atoms with E-state index in [1.165, 1.54) is 11.3 Å². The minimum Gasteiger partial charge on any atom is -0.291 e. The average Bonchev–Trinajstić information content (AvgIpc) is 3.04. The molecule has 0 unspecified atom stereocenters. The molecular formula is C14H13N3OS. The monoisotopic (exact) mass is 271 g/mol. The third-order valence-corrected chi connectivity index (χ3v) is 3.99. The number of carbonyl (C=O) groups excluding carboxylic acids is 1. The summed E-state index contributed by atoms with van der Waals surface area (Å²) >= 11 is 1.45. The van der Waals surface area contributed by atoms with Crippen molar-refractivity contribution in [1.29, 1.82) is 0 Å². The molecule has 0 aliphatic heterocycles. The summed E-state index contributed by atoms with van der Waals surface area (Å²) in [6.07, 6.45) is 4.01. The smallest absolute Gasteiger partial charge is 0.195 e. The molecule has 0 radical (unpaired) electrons. The molecule has 3 aromatic rings. The molecule has 0 bridgehead atoms. The van der Waals surface area contributed by atoms with E-state index in [1.807, 2.05) is 42.1 Å². The molecule has 0 saturated carbocycles. The molecule has 2 aromatic heterocycles. The maximum atomic E-state index is 12.2. The van der Waals surface area contributed by atoms with E-state index in [2.05, 4.69) is 10.1 Å². The highest BCUT2D eigenvalue weighted by Gasteiger charge is 2.13. The highest BCUT2D eigenvalue weighted by molar-refractivity contribution is 7.20. The first-order valence-corrected chi connectivity index (χ1v) is 6.98. The van der Waals surface area contributed by atoms with Crippen molar-refractivity contribution < 1.29 is 4.79 Å². The van der Waals surface area contributed by atoms with Crippen LogP contribution in [0.3, 0.4) is 0 Å². The van der Waals surface area contributed by atoms with Crippen molar-refractivity contribution in [1.82, 2.24) is 14.8 Å². The second-order valence-electron chi connectivity index (χ2n) is 4.29. The molecule has 4 nitrogen and oxygen atoms in total. The molecule has 0 N–H and O–H groups in total. The molecule has 1 aromatic carbocycles. The summed E-state index contributed by atoms with van der Waals surface area (Å²) in [5.74, 6) is 0.0526. The summed E-state index contributed by atoms with van der Waals surface area (Å²) in [7, 11) is 0. The van der Waals surface area contributed by atoms with Gasteiger partial charge in [-0.15, -0.1) is 11.3 Å². The second kappa shape index (κ2) is 4.93. The Labute approximate surface area is 114 Å².